The molecule has 1 aliphatic carbocycles. The van der Waals surface area contributed by atoms with E-state index < -0.39 is 0 Å². The minimum absolute atomic E-state index is 0.698. The van der Waals surface area contributed by atoms with Crippen molar-refractivity contribution in [2.75, 3.05) is 0 Å². The van der Waals surface area contributed by atoms with E-state index in [-0.39, 0.29) is 0 Å². The van der Waals surface area contributed by atoms with Crippen molar-refractivity contribution in [1.82, 2.24) is 0 Å². The molecule has 0 N–H and O–H groups in total. The van der Waals surface area contributed by atoms with Crippen molar-refractivity contribution in [3.63, 3.8) is 0 Å². The molecule has 1 atom stereocenters. The molecule has 0 bridgehead atoms. The lowest BCUT2D eigenvalue weighted by atomic mass is 9.81. The van der Waals surface area contributed by atoms with E-state index in [1.54, 1.807) is 5.57 Å². The molecular formula is C20H21BrS. The van der Waals surface area contributed by atoms with E-state index in [1.807, 2.05) is 11.8 Å². The number of thioether (sulfide) groups is 1. The molecule has 0 saturated heterocycles. The van der Waals surface area contributed by atoms with Gasteiger partial charge in [0, 0.05) is 9.37 Å². The molecule has 3 rings (SSSR count). The van der Waals surface area contributed by atoms with Crippen molar-refractivity contribution in [3.8, 4) is 0 Å². The van der Waals surface area contributed by atoms with Crippen molar-refractivity contribution < 1.29 is 0 Å². The van der Waals surface area contributed by atoms with Crippen LogP contribution < -0.4 is 0 Å². The Balaban J connectivity index is 1.72. The van der Waals surface area contributed by atoms with Gasteiger partial charge in [-0.3, -0.25) is 0 Å². The fraction of sp³-hybridized carbons (Fsp3) is 0.300. The van der Waals surface area contributed by atoms with Crippen LogP contribution in [0.2, 0.25) is 0 Å². The molecule has 2 heteroatoms. The standard InChI is InChI=1S/C20H21BrS/c21-20-13-7-6-9-17(20)14-16-8-4-5-10-18(16)15-22-19-11-2-1-3-12-19/h1-3,6-7,9,11-13,15-16H,4-5,8,10,14H2/b18-15+. The molecule has 0 radical (unpaired) electrons. The van der Waals surface area contributed by atoms with Crippen LogP contribution >= 0.6 is 27.7 Å². The molecule has 22 heavy (non-hydrogen) atoms. The van der Waals surface area contributed by atoms with Gasteiger partial charge in [0.15, 0.2) is 0 Å². The average Bonchev–Trinajstić information content (AvgIpc) is 2.57. The molecule has 114 valence electrons. The summed E-state index contributed by atoms with van der Waals surface area (Å²) in [7, 11) is 0. The van der Waals surface area contributed by atoms with Crippen LogP contribution in [0.15, 0.2) is 74.9 Å². The zero-order valence-electron chi connectivity index (χ0n) is 12.7. The molecule has 1 unspecified atom stereocenters. The van der Waals surface area contributed by atoms with Crippen LogP contribution in [0.25, 0.3) is 0 Å². The van der Waals surface area contributed by atoms with Gasteiger partial charge in [-0.15, -0.1) is 0 Å². The molecule has 0 amide bonds. The number of hydrogen-bond acceptors (Lipinski definition) is 1. The Morgan fingerprint density at radius 3 is 2.59 bits per heavy atom. The Morgan fingerprint density at radius 2 is 1.77 bits per heavy atom. The van der Waals surface area contributed by atoms with Crippen LogP contribution in [0.1, 0.15) is 31.2 Å². The third-order valence-corrected chi connectivity index (χ3v) is 6.04. The highest BCUT2D eigenvalue weighted by molar-refractivity contribution is 9.10. The van der Waals surface area contributed by atoms with Gasteiger partial charge in [-0.1, -0.05) is 76.1 Å². The van der Waals surface area contributed by atoms with E-state index in [1.165, 1.54) is 40.6 Å². The Labute approximate surface area is 146 Å². The number of benzene rings is 2. The normalized spacial score (nSPS) is 20.2. The molecule has 0 aromatic heterocycles. The van der Waals surface area contributed by atoms with Crippen molar-refractivity contribution in [2.24, 2.45) is 5.92 Å². The summed E-state index contributed by atoms with van der Waals surface area (Å²) in [6.07, 6.45) is 6.44. The van der Waals surface area contributed by atoms with Crippen molar-refractivity contribution in [3.05, 3.63) is 75.6 Å². The van der Waals surface area contributed by atoms with Gasteiger partial charge in [0.25, 0.3) is 0 Å². The summed E-state index contributed by atoms with van der Waals surface area (Å²) in [5.41, 5.74) is 3.07. The highest BCUT2D eigenvalue weighted by Crippen LogP contribution is 2.36. The molecule has 1 aliphatic rings. The van der Waals surface area contributed by atoms with E-state index in [0.29, 0.717) is 5.92 Å². The summed E-state index contributed by atoms with van der Waals surface area (Å²) in [5.74, 6) is 0.698. The van der Waals surface area contributed by atoms with E-state index in [4.69, 9.17) is 0 Å². The van der Waals surface area contributed by atoms with Crippen LogP contribution in [0.3, 0.4) is 0 Å². The van der Waals surface area contributed by atoms with Gasteiger partial charge in [0.2, 0.25) is 0 Å². The number of hydrogen-bond donors (Lipinski definition) is 0. The second-order valence-corrected chi connectivity index (χ2v) is 7.66. The summed E-state index contributed by atoms with van der Waals surface area (Å²) in [6.45, 7) is 0. The molecule has 1 saturated carbocycles. The van der Waals surface area contributed by atoms with Crippen LogP contribution in [-0.2, 0) is 6.42 Å². The first kappa shape index (κ1) is 15.9. The zero-order chi connectivity index (χ0) is 15.2. The van der Waals surface area contributed by atoms with Gasteiger partial charge in [0.05, 0.1) is 0 Å². The smallest absolute Gasteiger partial charge is 0.0207 e. The molecule has 0 nitrogen and oxygen atoms in total. The first-order chi connectivity index (χ1) is 10.8. The van der Waals surface area contributed by atoms with E-state index >= 15 is 0 Å². The lowest BCUT2D eigenvalue weighted by Crippen LogP contribution is -2.13. The Kier molecular flexibility index (Phi) is 5.80. The Bertz CT molecular complexity index is 633. The van der Waals surface area contributed by atoms with Crippen LogP contribution in [-0.4, -0.2) is 0 Å². The van der Waals surface area contributed by atoms with Crippen LogP contribution in [0.4, 0.5) is 0 Å². The Hall–Kier alpha value is -0.990. The number of allylic oxidation sites excluding steroid dienone is 1. The maximum absolute atomic E-state index is 3.69. The van der Waals surface area contributed by atoms with Gasteiger partial charge in [-0.25, -0.2) is 0 Å². The maximum atomic E-state index is 3.69. The zero-order valence-corrected chi connectivity index (χ0v) is 15.1. The fourth-order valence-electron chi connectivity index (χ4n) is 3.07. The predicted octanol–water partition coefficient (Wildman–Crippen LogP) is 6.86. The molecule has 2 aromatic carbocycles. The molecular weight excluding hydrogens is 352 g/mol. The first-order valence-corrected chi connectivity index (χ1v) is 9.64. The molecule has 0 aliphatic heterocycles. The van der Waals surface area contributed by atoms with Crippen LogP contribution in [0, 0.1) is 5.92 Å². The highest BCUT2D eigenvalue weighted by Gasteiger charge is 2.20. The lowest BCUT2D eigenvalue weighted by Gasteiger charge is -2.26. The highest BCUT2D eigenvalue weighted by atomic mass is 79.9. The second-order valence-electron chi connectivity index (χ2n) is 5.86. The van der Waals surface area contributed by atoms with E-state index in [9.17, 15) is 0 Å². The van der Waals surface area contributed by atoms with Crippen molar-refractivity contribution >= 4 is 27.7 Å². The SMILES string of the molecule is Brc1ccccc1CC1CCCC/C1=C\Sc1ccccc1. The topological polar surface area (TPSA) is 0 Å². The maximum Gasteiger partial charge on any atom is 0.0207 e. The third-order valence-electron chi connectivity index (χ3n) is 4.31. The summed E-state index contributed by atoms with van der Waals surface area (Å²) in [5, 5.41) is 2.41. The molecule has 1 fully saturated rings. The van der Waals surface area contributed by atoms with Gasteiger partial charge in [-0.05, 0) is 60.8 Å². The first-order valence-electron chi connectivity index (χ1n) is 7.97. The minimum Gasteiger partial charge on any atom is -0.0981 e. The van der Waals surface area contributed by atoms with E-state index in [0.717, 1.165) is 6.42 Å². The summed E-state index contributed by atoms with van der Waals surface area (Å²) in [6, 6.07) is 19.3. The van der Waals surface area contributed by atoms with Gasteiger partial charge in [-0.2, -0.15) is 0 Å². The second kappa shape index (κ2) is 8.03. The fourth-order valence-corrected chi connectivity index (χ4v) is 4.43. The van der Waals surface area contributed by atoms with Gasteiger partial charge in [0.1, 0.15) is 0 Å². The quantitative estimate of drug-likeness (QED) is 0.528. The summed E-state index contributed by atoms with van der Waals surface area (Å²) < 4.78 is 1.25. The van der Waals surface area contributed by atoms with E-state index in [2.05, 4.69) is 75.9 Å². The van der Waals surface area contributed by atoms with Crippen molar-refractivity contribution in [2.45, 2.75) is 37.0 Å². The number of halogens is 1. The molecule has 0 heterocycles. The molecule has 0 spiro atoms. The average molecular weight is 373 g/mol. The third kappa shape index (κ3) is 4.27. The summed E-state index contributed by atoms with van der Waals surface area (Å²) >= 11 is 5.57. The van der Waals surface area contributed by atoms with Crippen molar-refractivity contribution in [1.29, 1.82) is 0 Å². The minimum atomic E-state index is 0.698. The largest absolute Gasteiger partial charge is 0.0981 e. The van der Waals surface area contributed by atoms with Crippen LogP contribution in [0.5, 0.6) is 0 Å². The Morgan fingerprint density at radius 1 is 1.00 bits per heavy atom. The lowest BCUT2D eigenvalue weighted by molar-refractivity contribution is 0.451. The van der Waals surface area contributed by atoms with Gasteiger partial charge >= 0.3 is 0 Å². The summed E-state index contributed by atoms with van der Waals surface area (Å²) in [4.78, 5) is 1.33. The monoisotopic (exact) mass is 372 g/mol. The predicted molar refractivity (Wildman–Crippen MR) is 100 cm³/mol. The number of rotatable bonds is 4. The molecule has 2 aromatic rings. The van der Waals surface area contributed by atoms with Gasteiger partial charge < -0.3 is 0 Å².